The van der Waals surface area contributed by atoms with Crippen molar-refractivity contribution in [2.75, 3.05) is 6.61 Å². The maximum Gasteiger partial charge on any atom is 0.308 e. The van der Waals surface area contributed by atoms with Gasteiger partial charge in [-0.15, -0.1) is 0 Å². The lowest BCUT2D eigenvalue weighted by molar-refractivity contribution is -0.219. The molecule has 0 aromatic heterocycles. The van der Waals surface area contributed by atoms with Gasteiger partial charge in [-0.25, -0.2) is 0 Å². The van der Waals surface area contributed by atoms with Crippen molar-refractivity contribution in [2.45, 2.75) is 98.8 Å². The largest absolute Gasteiger partial charge is 0.460 e. The number of ether oxygens (including phenoxy) is 4. The van der Waals surface area contributed by atoms with E-state index in [0.29, 0.717) is 18.3 Å². The van der Waals surface area contributed by atoms with Crippen molar-refractivity contribution in [1.82, 2.24) is 0 Å². The molecule has 6 nitrogen and oxygen atoms in total. The summed E-state index contributed by atoms with van der Waals surface area (Å²) in [4.78, 5) is 24.5. The van der Waals surface area contributed by atoms with E-state index in [-0.39, 0.29) is 47.1 Å². The van der Waals surface area contributed by atoms with Crippen LogP contribution in [0.5, 0.6) is 0 Å². The average molecular weight is 463 g/mol. The molecule has 2 bridgehead atoms. The molecule has 0 spiro atoms. The molecule has 4 aliphatic rings. The Balaban J connectivity index is 1.68. The van der Waals surface area contributed by atoms with Gasteiger partial charge in [-0.1, -0.05) is 46.8 Å². The molecule has 8 atom stereocenters. The van der Waals surface area contributed by atoms with Crippen LogP contribution in [0, 0.1) is 40.4 Å². The second kappa shape index (κ2) is 8.99. The van der Waals surface area contributed by atoms with E-state index in [2.05, 4.69) is 27.4 Å². The third kappa shape index (κ3) is 4.50. The smallest absolute Gasteiger partial charge is 0.308 e. The van der Waals surface area contributed by atoms with Crippen LogP contribution in [0.25, 0.3) is 0 Å². The molecule has 0 radical (unpaired) electrons. The second-order valence-corrected chi connectivity index (χ2v) is 12.2. The minimum Gasteiger partial charge on any atom is -0.460 e. The molecule has 186 valence electrons. The lowest BCUT2D eigenvalue weighted by Crippen LogP contribution is -2.52. The fourth-order valence-corrected chi connectivity index (χ4v) is 7.53. The van der Waals surface area contributed by atoms with Gasteiger partial charge in [0.05, 0.1) is 12.5 Å². The van der Waals surface area contributed by atoms with Crippen molar-refractivity contribution in [3.8, 4) is 0 Å². The quantitative estimate of drug-likeness (QED) is 0.410. The number of carbonyl (C=O) groups excluding carboxylic acids is 2. The molecule has 2 aliphatic heterocycles. The Morgan fingerprint density at radius 1 is 1.18 bits per heavy atom. The molecule has 4 fully saturated rings. The molecule has 0 aromatic rings. The number of allylic oxidation sites excluding steroid dienone is 1. The van der Waals surface area contributed by atoms with E-state index >= 15 is 0 Å². The molecular weight excluding hydrogens is 420 g/mol. The number of carbonyl (C=O) groups is 2. The molecule has 4 rings (SSSR count). The third-order valence-electron chi connectivity index (χ3n) is 8.92. The molecule has 0 N–H and O–H groups in total. The zero-order valence-electron chi connectivity index (χ0n) is 21.2. The van der Waals surface area contributed by atoms with Crippen LogP contribution < -0.4 is 0 Å². The number of hydrogen-bond donors (Lipinski definition) is 0. The van der Waals surface area contributed by atoms with E-state index in [1.165, 1.54) is 25.3 Å². The highest BCUT2D eigenvalue weighted by Gasteiger charge is 2.66. The van der Waals surface area contributed by atoms with Crippen LogP contribution in [0.15, 0.2) is 12.2 Å². The summed E-state index contributed by atoms with van der Waals surface area (Å²) in [7, 11) is 0. The minimum absolute atomic E-state index is 0.0342. The topological polar surface area (TPSA) is 71.1 Å². The second-order valence-electron chi connectivity index (χ2n) is 12.2. The van der Waals surface area contributed by atoms with Crippen LogP contribution in [-0.2, 0) is 28.5 Å². The summed E-state index contributed by atoms with van der Waals surface area (Å²) in [5.41, 5.74) is 1.44. The van der Waals surface area contributed by atoms with E-state index in [4.69, 9.17) is 18.9 Å². The fourth-order valence-electron chi connectivity index (χ4n) is 7.53. The SMILES string of the molecule is C=C1CCCC(C)(C)C2CCC(C)(C3C4OCC(OC(C)=O)C3C(OC(=O)CC(C)C)O4)C12. The Hall–Kier alpha value is -1.40. The van der Waals surface area contributed by atoms with Crippen LogP contribution in [0.2, 0.25) is 0 Å². The summed E-state index contributed by atoms with van der Waals surface area (Å²) in [6.07, 6.45) is 4.20. The maximum atomic E-state index is 12.6. The van der Waals surface area contributed by atoms with Gasteiger partial charge in [0.15, 0.2) is 6.29 Å². The van der Waals surface area contributed by atoms with E-state index in [1.807, 2.05) is 13.8 Å². The number of fused-ring (bicyclic) bond motifs is 3. The van der Waals surface area contributed by atoms with Gasteiger partial charge in [-0.3, -0.25) is 9.59 Å². The van der Waals surface area contributed by atoms with E-state index in [1.54, 1.807) is 0 Å². The Labute approximate surface area is 198 Å². The molecule has 2 aliphatic carbocycles. The molecule has 2 saturated carbocycles. The summed E-state index contributed by atoms with van der Waals surface area (Å²) >= 11 is 0. The molecular formula is C27H42O6. The summed E-state index contributed by atoms with van der Waals surface area (Å²) in [5, 5.41) is 0. The third-order valence-corrected chi connectivity index (χ3v) is 8.92. The summed E-state index contributed by atoms with van der Waals surface area (Å²) in [6, 6.07) is 0. The molecule has 8 unspecified atom stereocenters. The number of esters is 2. The van der Waals surface area contributed by atoms with Gasteiger partial charge in [-0.05, 0) is 60.7 Å². The monoisotopic (exact) mass is 462 g/mol. The normalized spacial score (nSPS) is 42.0. The first-order valence-corrected chi connectivity index (χ1v) is 12.8. The van der Waals surface area contributed by atoms with Crippen LogP contribution in [0.4, 0.5) is 0 Å². The van der Waals surface area contributed by atoms with Gasteiger partial charge in [-0.2, -0.15) is 0 Å². The van der Waals surface area contributed by atoms with Gasteiger partial charge in [0, 0.05) is 19.3 Å². The van der Waals surface area contributed by atoms with Crippen molar-refractivity contribution in [1.29, 1.82) is 0 Å². The highest BCUT2D eigenvalue weighted by molar-refractivity contribution is 5.69. The average Bonchev–Trinajstić information content (AvgIpc) is 3.14. The molecule has 2 saturated heterocycles. The van der Waals surface area contributed by atoms with E-state index < -0.39 is 18.7 Å². The van der Waals surface area contributed by atoms with Gasteiger partial charge < -0.3 is 18.9 Å². The summed E-state index contributed by atoms with van der Waals surface area (Å²) in [6.45, 7) is 17.4. The molecule has 0 amide bonds. The van der Waals surface area contributed by atoms with Crippen LogP contribution in [-0.4, -0.2) is 37.2 Å². The molecule has 0 aromatic carbocycles. The highest BCUT2D eigenvalue weighted by Crippen LogP contribution is 2.66. The van der Waals surface area contributed by atoms with Crippen LogP contribution in [0.1, 0.15) is 80.1 Å². The van der Waals surface area contributed by atoms with Crippen molar-refractivity contribution >= 4 is 11.9 Å². The lowest BCUT2D eigenvalue weighted by Gasteiger charge is -2.48. The first-order chi connectivity index (χ1) is 15.4. The van der Waals surface area contributed by atoms with Gasteiger partial charge in [0.2, 0.25) is 6.29 Å². The van der Waals surface area contributed by atoms with E-state index in [0.717, 1.165) is 19.3 Å². The fraction of sp³-hybridized carbons (Fsp3) is 0.852. The van der Waals surface area contributed by atoms with Crippen LogP contribution in [0.3, 0.4) is 0 Å². The molecule has 6 heteroatoms. The van der Waals surface area contributed by atoms with Crippen molar-refractivity contribution < 1.29 is 28.5 Å². The predicted octanol–water partition coefficient (Wildman–Crippen LogP) is 5.25. The summed E-state index contributed by atoms with van der Waals surface area (Å²) in [5.74, 6) is 0.178. The number of rotatable bonds is 5. The van der Waals surface area contributed by atoms with Crippen molar-refractivity contribution in [3.63, 3.8) is 0 Å². The van der Waals surface area contributed by atoms with Gasteiger partial charge in [0.25, 0.3) is 0 Å². The first kappa shape index (κ1) is 24.7. The van der Waals surface area contributed by atoms with Gasteiger partial charge in [0.1, 0.15) is 6.10 Å². The highest BCUT2D eigenvalue weighted by atomic mass is 16.8. The lowest BCUT2D eigenvalue weighted by atomic mass is 9.58. The zero-order chi connectivity index (χ0) is 24.1. The Bertz CT molecular complexity index is 787. The Kier molecular flexibility index (Phi) is 6.74. The zero-order valence-corrected chi connectivity index (χ0v) is 21.2. The standard InChI is InChI=1S/C27H42O6/c1-15(2)13-20(29)32-24-21-19(31-17(4)28)14-30-25(33-24)23(21)27(7)12-10-18-22(27)16(3)9-8-11-26(18,5)6/h15,18-19,21-25H,3,8-14H2,1-2,4-7H3. The predicted molar refractivity (Wildman–Crippen MR) is 124 cm³/mol. The molecule has 2 heterocycles. The minimum atomic E-state index is -0.763. The Morgan fingerprint density at radius 3 is 2.58 bits per heavy atom. The maximum absolute atomic E-state index is 12.6. The van der Waals surface area contributed by atoms with Gasteiger partial charge >= 0.3 is 11.9 Å². The van der Waals surface area contributed by atoms with Crippen LogP contribution >= 0.6 is 0 Å². The van der Waals surface area contributed by atoms with Crippen molar-refractivity contribution in [2.24, 2.45) is 40.4 Å². The van der Waals surface area contributed by atoms with E-state index in [9.17, 15) is 9.59 Å². The Morgan fingerprint density at radius 2 is 1.91 bits per heavy atom. The van der Waals surface area contributed by atoms with Crippen molar-refractivity contribution in [3.05, 3.63) is 12.2 Å². The number of hydrogen-bond acceptors (Lipinski definition) is 6. The molecule has 33 heavy (non-hydrogen) atoms. The summed E-state index contributed by atoms with van der Waals surface area (Å²) < 4.78 is 24.0. The first-order valence-electron chi connectivity index (χ1n) is 12.8.